The van der Waals surface area contributed by atoms with Gasteiger partial charge in [0.15, 0.2) is 5.96 Å². The summed E-state index contributed by atoms with van der Waals surface area (Å²) in [5, 5.41) is 3.07. The van der Waals surface area contributed by atoms with Gasteiger partial charge in [-0.05, 0) is 43.5 Å². The van der Waals surface area contributed by atoms with Gasteiger partial charge < -0.3 is 15.8 Å². The Balaban J connectivity index is 0.00000400. The lowest BCUT2D eigenvalue weighted by Gasteiger charge is -2.06. The van der Waals surface area contributed by atoms with Gasteiger partial charge in [-0.15, -0.1) is 24.0 Å². The molecule has 4 nitrogen and oxygen atoms in total. The quantitative estimate of drug-likeness (QED) is 0.285. The molecular weight excluding hydrogens is 384 g/mol. The summed E-state index contributed by atoms with van der Waals surface area (Å²) < 4.78 is 18.2. The molecule has 0 aromatic heterocycles. The first kappa shape index (κ1) is 19.9. The van der Waals surface area contributed by atoms with Crippen LogP contribution in [0.15, 0.2) is 29.3 Å². The van der Waals surface area contributed by atoms with E-state index in [-0.39, 0.29) is 29.8 Å². The molecule has 1 aromatic rings. The van der Waals surface area contributed by atoms with E-state index >= 15 is 0 Å². The fourth-order valence-corrected chi connectivity index (χ4v) is 1.58. The molecule has 0 spiro atoms. The van der Waals surface area contributed by atoms with Crippen molar-refractivity contribution in [3.05, 3.63) is 30.1 Å². The van der Waals surface area contributed by atoms with Crippen molar-refractivity contribution in [3.63, 3.8) is 0 Å². The van der Waals surface area contributed by atoms with E-state index in [1.54, 1.807) is 12.1 Å². The number of nitrogens with two attached hydrogens (primary N) is 1. The molecule has 0 heterocycles. The minimum atomic E-state index is -0.252. The fraction of sp³-hybridized carbons (Fsp3) is 0.533. The van der Waals surface area contributed by atoms with Crippen LogP contribution in [0.1, 0.15) is 32.6 Å². The summed E-state index contributed by atoms with van der Waals surface area (Å²) >= 11 is 0. The second-order valence-electron chi connectivity index (χ2n) is 4.56. The summed E-state index contributed by atoms with van der Waals surface area (Å²) in [6, 6.07) is 6.04. The van der Waals surface area contributed by atoms with Gasteiger partial charge in [0.2, 0.25) is 0 Å². The number of guanidine groups is 1. The predicted molar refractivity (Wildman–Crippen MR) is 95.9 cm³/mol. The summed E-state index contributed by atoms with van der Waals surface area (Å²) in [5.41, 5.74) is 5.71. The Morgan fingerprint density at radius 2 is 1.95 bits per heavy atom. The highest BCUT2D eigenvalue weighted by Crippen LogP contribution is 2.11. The van der Waals surface area contributed by atoms with E-state index in [0.717, 1.165) is 32.2 Å². The van der Waals surface area contributed by atoms with Crippen molar-refractivity contribution in [3.8, 4) is 5.75 Å². The van der Waals surface area contributed by atoms with Gasteiger partial charge in [-0.2, -0.15) is 0 Å². The second-order valence-corrected chi connectivity index (χ2v) is 4.56. The van der Waals surface area contributed by atoms with Gasteiger partial charge >= 0.3 is 0 Å². The number of rotatable bonds is 9. The molecule has 0 fully saturated rings. The van der Waals surface area contributed by atoms with Crippen LogP contribution >= 0.6 is 24.0 Å². The number of unbranched alkanes of at least 4 members (excludes halogenated alkanes) is 2. The molecule has 1 rings (SSSR count). The molecule has 0 bridgehead atoms. The Bertz CT molecular complexity index is 398. The van der Waals surface area contributed by atoms with E-state index in [2.05, 4.69) is 17.2 Å². The number of nitrogens with one attached hydrogen (secondary N) is 1. The van der Waals surface area contributed by atoms with E-state index < -0.39 is 0 Å². The van der Waals surface area contributed by atoms with Gasteiger partial charge in [-0.3, -0.25) is 4.99 Å². The lowest BCUT2D eigenvalue weighted by atomic mass is 10.3. The van der Waals surface area contributed by atoms with Gasteiger partial charge in [-0.25, -0.2) is 4.39 Å². The van der Waals surface area contributed by atoms with Crippen LogP contribution in [-0.2, 0) is 0 Å². The van der Waals surface area contributed by atoms with Crippen molar-refractivity contribution in [2.24, 2.45) is 10.7 Å². The standard InChI is InChI=1S/C15H24FN3O.HI/c1-2-3-10-18-15(17)19-11-4-5-12-20-14-8-6-13(16)7-9-14;/h6-9H,2-5,10-12H2,1H3,(H3,17,18,19);1H. The molecule has 0 unspecified atom stereocenters. The normalized spacial score (nSPS) is 10.9. The Morgan fingerprint density at radius 3 is 2.62 bits per heavy atom. The van der Waals surface area contributed by atoms with Crippen LogP contribution in [0.4, 0.5) is 4.39 Å². The maximum atomic E-state index is 12.7. The first-order chi connectivity index (χ1) is 9.72. The SMILES string of the molecule is CCCCNC(N)=NCCCCOc1ccc(F)cc1.I. The number of ether oxygens (including phenoxy) is 1. The number of hydrogen-bond acceptors (Lipinski definition) is 2. The van der Waals surface area contributed by atoms with Crippen molar-refractivity contribution in [1.29, 1.82) is 0 Å². The number of nitrogens with zero attached hydrogens (tertiary/aromatic N) is 1. The monoisotopic (exact) mass is 409 g/mol. The molecular formula is C15H25FIN3O. The van der Waals surface area contributed by atoms with Crippen LogP contribution < -0.4 is 15.8 Å². The van der Waals surface area contributed by atoms with Crippen LogP contribution in [0.5, 0.6) is 5.75 Å². The highest BCUT2D eigenvalue weighted by atomic mass is 127. The third-order valence-corrected chi connectivity index (χ3v) is 2.75. The number of benzene rings is 1. The zero-order valence-corrected chi connectivity index (χ0v) is 14.8. The predicted octanol–water partition coefficient (Wildman–Crippen LogP) is 3.31. The Labute approximate surface area is 143 Å². The van der Waals surface area contributed by atoms with Crippen LogP contribution in [0, 0.1) is 5.82 Å². The van der Waals surface area contributed by atoms with E-state index in [1.807, 2.05) is 0 Å². The molecule has 0 saturated heterocycles. The van der Waals surface area contributed by atoms with Crippen molar-refractivity contribution >= 4 is 29.9 Å². The minimum Gasteiger partial charge on any atom is -0.494 e. The van der Waals surface area contributed by atoms with E-state index in [9.17, 15) is 4.39 Å². The Morgan fingerprint density at radius 1 is 1.24 bits per heavy atom. The van der Waals surface area contributed by atoms with Crippen molar-refractivity contribution in [2.45, 2.75) is 32.6 Å². The van der Waals surface area contributed by atoms with Gasteiger partial charge in [-0.1, -0.05) is 13.3 Å². The van der Waals surface area contributed by atoms with Gasteiger partial charge in [0.1, 0.15) is 11.6 Å². The smallest absolute Gasteiger partial charge is 0.188 e. The average molecular weight is 409 g/mol. The average Bonchev–Trinajstić information content (AvgIpc) is 2.45. The molecule has 21 heavy (non-hydrogen) atoms. The lowest BCUT2D eigenvalue weighted by molar-refractivity contribution is 0.307. The third kappa shape index (κ3) is 10.3. The molecule has 3 N–H and O–H groups in total. The fourth-order valence-electron chi connectivity index (χ4n) is 1.58. The maximum absolute atomic E-state index is 12.7. The van der Waals surface area contributed by atoms with Crippen LogP contribution in [0.3, 0.4) is 0 Å². The topological polar surface area (TPSA) is 59.6 Å². The molecule has 0 aliphatic carbocycles. The Kier molecular flexibility index (Phi) is 12.0. The molecule has 0 radical (unpaired) electrons. The molecule has 0 aliphatic heterocycles. The first-order valence-electron chi connectivity index (χ1n) is 7.14. The van der Waals surface area contributed by atoms with Crippen LogP contribution in [0.25, 0.3) is 0 Å². The van der Waals surface area contributed by atoms with Gasteiger partial charge in [0, 0.05) is 13.1 Å². The minimum absolute atomic E-state index is 0. The summed E-state index contributed by atoms with van der Waals surface area (Å²) in [6.07, 6.45) is 4.04. The number of aliphatic imine (C=N–C) groups is 1. The van der Waals surface area contributed by atoms with Crippen LogP contribution in [-0.4, -0.2) is 25.7 Å². The Hall–Kier alpha value is -1.05. The second kappa shape index (κ2) is 12.7. The van der Waals surface area contributed by atoms with Crippen molar-refractivity contribution in [2.75, 3.05) is 19.7 Å². The van der Waals surface area contributed by atoms with E-state index in [4.69, 9.17) is 10.5 Å². The lowest BCUT2D eigenvalue weighted by Crippen LogP contribution is -2.32. The molecule has 0 amide bonds. The summed E-state index contributed by atoms with van der Waals surface area (Å²) in [4.78, 5) is 4.23. The van der Waals surface area contributed by atoms with Gasteiger partial charge in [0.25, 0.3) is 0 Å². The van der Waals surface area contributed by atoms with Crippen LogP contribution in [0.2, 0.25) is 0 Å². The number of hydrogen-bond donors (Lipinski definition) is 2. The largest absolute Gasteiger partial charge is 0.494 e. The first-order valence-corrected chi connectivity index (χ1v) is 7.14. The molecule has 120 valence electrons. The zero-order valence-electron chi connectivity index (χ0n) is 12.5. The molecule has 0 aliphatic rings. The molecule has 6 heteroatoms. The number of halogens is 2. The summed E-state index contributed by atoms with van der Waals surface area (Å²) in [7, 11) is 0. The van der Waals surface area contributed by atoms with E-state index in [0.29, 0.717) is 24.9 Å². The highest BCUT2D eigenvalue weighted by Gasteiger charge is 1.95. The molecule has 1 aromatic carbocycles. The molecule has 0 saturated carbocycles. The van der Waals surface area contributed by atoms with E-state index in [1.165, 1.54) is 12.1 Å². The summed E-state index contributed by atoms with van der Waals surface area (Å²) in [6.45, 7) is 4.30. The summed E-state index contributed by atoms with van der Waals surface area (Å²) in [5.74, 6) is 0.950. The third-order valence-electron chi connectivity index (χ3n) is 2.75. The van der Waals surface area contributed by atoms with Crippen molar-refractivity contribution in [1.82, 2.24) is 5.32 Å². The zero-order chi connectivity index (χ0) is 14.6. The molecule has 0 atom stereocenters. The highest BCUT2D eigenvalue weighted by molar-refractivity contribution is 14.0. The van der Waals surface area contributed by atoms with Gasteiger partial charge in [0.05, 0.1) is 6.61 Å². The van der Waals surface area contributed by atoms with Crippen molar-refractivity contribution < 1.29 is 9.13 Å². The maximum Gasteiger partial charge on any atom is 0.188 e.